The van der Waals surface area contributed by atoms with Gasteiger partial charge in [-0.3, -0.25) is 4.79 Å². The van der Waals surface area contributed by atoms with Crippen LogP contribution >= 0.6 is 0 Å². The van der Waals surface area contributed by atoms with Gasteiger partial charge in [-0.2, -0.15) is 13.9 Å². The summed E-state index contributed by atoms with van der Waals surface area (Å²) in [6.07, 6.45) is 1.43. The Hall–Kier alpha value is -3.23. The summed E-state index contributed by atoms with van der Waals surface area (Å²) < 4.78 is 35.7. The molecule has 0 atom stereocenters. The fourth-order valence-electron chi connectivity index (χ4n) is 2.57. The maximum atomic E-state index is 12.6. The molecule has 0 radical (unpaired) electrons. The summed E-state index contributed by atoms with van der Waals surface area (Å²) in [5.41, 5.74) is 2.70. The standard InChI is InChI=1S/C17H16F2N4O3/c1-9-6-10(2)23-15(21-9)12(8-20-23)16(24)22-11-4-5-13(26-17(18)19)14(7-11)25-3/h4-8,17H,1-3H3,(H,22,24). The fraction of sp³-hybridized carbons (Fsp3) is 0.235. The summed E-state index contributed by atoms with van der Waals surface area (Å²) in [5, 5.41) is 6.84. The van der Waals surface area contributed by atoms with Crippen LogP contribution < -0.4 is 14.8 Å². The van der Waals surface area contributed by atoms with Crippen molar-refractivity contribution in [3.05, 3.63) is 47.4 Å². The first-order valence-corrected chi connectivity index (χ1v) is 7.65. The molecule has 1 aromatic carbocycles. The van der Waals surface area contributed by atoms with Gasteiger partial charge in [0.1, 0.15) is 5.56 Å². The van der Waals surface area contributed by atoms with Gasteiger partial charge in [0.05, 0.1) is 13.3 Å². The molecule has 2 heterocycles. The first kappa shape index (κ1) is 17.6. The monoisotopic (exact) mass is 362 g/mol. The highest BCUT2D eigenvalue weighted by Crippen LogP contribution is 2.31. The number of fused-ring (bicyclic) bond motifs is 1. The van der Waals surface area contributed by atoms with Gasteiger partial charge in [-0.25, -0.2) is 9.50 Å². The molecule has 3 aromatic rings. The smallest absolute Gasteiger partial charge is 0.387 e. The average Bonchev–Trinajstić information content (AvgIpc) is 3.00. The number of hydrogen-bond acceptors (Lipinski definition) is 5. The van der Waals surface area contributed by atoms with Crippen molar-refractivity contribution in [2.75, 3.05) is 12.4 Å². The van der Waals surface area contributed by atoms with Crippen LogP contribution in [0.25, 0.3) is 5.65 Å². The van der Waals surface area contributed by atoms with Crippen LogP contribution in [0.1, 0.15) is 21.7 Å². The molecule has 0 bridgehead atoms. The topological polar surface area (TPSA) is 77.8 Å². The molecule has 0 saturated carbocycles. The Bertz CT molecular complexity index is 972. The number of carbonyl (C=O) groups excluding carboxylic acids is 1. The maximum absolute atomic E-state index is 12.6. The Morgan fingerprint density at radius 1 is 1.23 bits per heavy atom. The number of halogens is 2. The number of amides is 1. The lowest BCUT2D eigenvalue weighted by Gasteiger charge is -2.12. The van der Waals surface area contributed by atoms with E-state index in [1.54, 1.807) is 4.52 Å². The number of nitrogens with one attached hydrogen (secondary N) is 1. The molecule has 0 fully saturated rings. The van der Waals surface area contributed by atoms with E-state index in [4.69, 9.17) is 4.74 Å². The van der Waals surface area contributed by atoms with Crippen molar-refractivity contribution in [1.29, 1.82) is 0 Å². The number of rotatable bonds is 5. The zero-order valence-corrected chi connectivity index (χ0v) is 14.3. The number of aromatic nitrogens is 3. The first-order chi connectivity index (χ1) is 12.4. The molecule has 0 unspecified atom stereocenters. The number of alkyl halides is 2. The molecule has 0 aliphatic carbocycles. The van der Waals surface area contributed by atoms with Gasteiger partial charge in [-0.05, 0) is 32.0 Å². The summed E-state index contributed by atoms with van der Waals surface area (Å²) in [7, 11) is 1.32. The van der Waals surface area contributed by atoms with E-state index in [1.807, 2.05) is 19.9 Å². The molecule has 0 aliphatic rings. The summed E-state index contributed by atoms with van der Waals surface area (Å²) in [4.78, 5) is 16.9. The van der Waals surface area contributed by atoms with Crippen molar-refractivity contribution in [3.63, 3.8) is 0 Å². The van der Waals surface area contributed by atoms with Crippen LogP contribution in [0.3, 0.4) is 0 Å². The fourth-order valence-corrected chi connectivity index (χ4v) is 2.57. The molecule has 0 aliphatic heterocycles. The molecule has 7 nitrogen and oxygen atoms in total. The van der Waals surface area contributed by atoms with Crippen LogP contribution in [-0.2, 0) is 0 Å². The van der Waals surface area contributed by atoms with Gasteiger partial charge in [-0.15, -0.1) is 0 Å². The van der Waals surface area contributed by atoms with Crippen LogP contribution in [0.15, 0.2) is 30.5 Å². The summed E-state index contributed by atoms with van der Waals surface area (Å²) in [5.74, 6) is -0.473. The number of anilines is 1. The molecule has 0 spiro atoms. The number of ether oxygens (including phenoxy) is 2. The minimum atomic E-state index is -2.97. The van der Waals surface area contributed by atoms with Crippen molar-refractivity contribution in [2.45, 2.75) is 20.5 Å². The van der Waals surface area contributed by atoms with E-state index in [2.05, 4.69) is 20.1 Å². The maximum Gasteiger partial charge on any atom is 0.387 e. The second-order valence-electron chi connectivity index (χ2n) is 5.53. The lowest BCUT2D eigenvalue weighted by atomic mass is 10.2. The molecule has 1 N–H and O–H groups in total. The Morgan fingerprint density at radius 2 is 2.00 bits per heavy atom. The molecule has 1 amide bonds. The number of nitrogens with zero attached hydrogens (tertiary/aromatic N) is 3. The lowest BCUT2D eigenvalue weighted by Crippen LogP contribution is -2.13. The third-order valence-electron chi connectivity index (χ3n) is 3.66. The molecule has 0 saturated heterocycles. The highest BCUT2D eigenvalue weighted by molar-refractivity contribution is 6.08. The summed E-state index contributed by atoms with van der Waals surface area (Å²) in [6, 6.07) is 5.98. The molecular formula is C17H16F2N4O3. The lowest BCUT2D eigenvalue weighted by molar-refractivity contribution is -0.0512. The number of methoxy groups -OCH3 is 1. The molecule has 136 valence electrons. The second-order valence-corrected chi connectivity index (χ2v) is 5.53. The highest BCUT2D eigenvalue weighted by atomic mass is 19.3. The van der Waals surface area contributed by atoms with Gasteiger partial charge < -0.3 is 14.8 Å². The zero-order chi connectivity index (χ0) is 18.8. The van der Waals surface area contributed by atoms with Gasteiger partial charge in [-0.1, -0.05) is 0 Å². The molecular weight excluding hydrogens is 346 g/mol. The number of benzene rings is 1. The van der Waals surface area contributed by atoms with Crippen molar-refractivity contribution >= 4 is 17.2 Å². The Morgan fingerprint density at radius 3 is 2.69 bits per heavy atom. The molecule has 3 rings (SSSR count). The predicted molar refractivity (Wildman–Crippen MR) is 90.0 cm³/mol. The SMILES string of the molecule is COc1cc(NC(=O)c2cnn3c(C)cc(C)nc23)ccc1OC(F)F. The number of aryl methyl sites for hydroxylation is 2. The average molecular weight is 362 g/mol. The van der Waals surface area contributed by atoms with E-state index < -0.39 is 12.5 Å². The second kappa shape index (κ2) is 6.95. The van der Waals surface area contributed by atoms with Crippen molar-refractivity contribution in [3.8, 4) is 11.5 Å². The van der Waals surface area contributed by atoms with E-state index in [9.17, 15) is 13.6 Å². The third-order valence-corrected chi connectivity index (χ3v) is 3.66. The Labute approximate surface area is 147 Å². The largest absolute Gasteiger partial charge is 0.493 e. The van der Waals surface area contributed by atoms with Crippen LogP contribution in [0.5, 0.6) is 11.5 Å². The van der Waals surface area contributed by atoms with Crippen LogP contribution in [-0.4, -0.2) is 34.2 Å². The van der Waals surface area contributed by atoms with E-state index in [0.717, 1.165) is 11.4 Å². The van der Waals surface area contributed by atoms with E-state index >= 15 is 0 Å². The van der Waals surface area contributed by atoms with Gasteiger partial charge in [0, 0.05) is 23.1 Å². The van der Waals surface area contributed by atoms with Crippen LogP contribution in [0, 0.1) is 13.8 Å². The first-order valence-electron chi connectivity index (χ1n) is 7.65. The van der Waals surface area contributed by atoms with Crippen LogP contribution in [0.2, 0.25) is 0 Å². The molecule has 9 heteroatoms. The number of carbonyl (C=O) groups is 1. The minimum Gasteiger partial charge on any atom is -0.493 e. The zero-order valence-electron chi connectivity index (χ0n) is 14.3. The van der Waals surface area contributed by atoms with E-state index in [0.29, 0.717) is 16.9 Å². The Kier molecular flexibility index (Phi) is 4.70. The van der Waals surface area contributed by atoms with Crippen LogP contribution in [0.4, 0.5) is 14.5 Å². The summed E-state index contributed by atoms with van der Waals surface area (Å²) >= 11 is 0. The highest BCUT2D eigenvalue weighted by Gasteiger charge is 2.17. The predicted octanol–water partition coefficient (Wildman–Crippen LogP) is 3.21. The van der Waals surface area contributed by atoms with Gasteiger partial charge >= 0.3 is 6.61 Å². The third kappa shape index (κ3) is 3.41. The van der Waals surface area contributed by atoms with Gasteiger partial charge in [0.2, 0.25) is 0 Å². The van der Waals surface area contributed by atoms with Gasteiger partial charge in [0.15, 0.2) is 17.1 Å². The number of hydrogen-bond donors (Lipinski definition) is 1. The quantitative estimate of drug-likeness (QED) is 0.754. The molecule has 26 heavy (non-hydrogen) atoms. The summed E-state index contributed by atoms with van der Waals surface area (Å²) in [6.45, 7) is 0.720. The van der Waals surface area contributed by atoms with E-state index in [-0.39, 0.29) is 11.5 Å². The van der Waals surface area contributed by atoms with Crippen molar-refractivity contribution in [1.82, 2.24) is 14.6 Å². The molecule has 2 aromatic heterocycles. The van der Waals surface area contributed by atoms with Crippen molar-refractivity contribution in [2.24, 2.45) is 0 Å². The van der Waals surface area contributed by atoms with Crippen molar-refractivity contribution < 1.29 is 23.0 Å². The minimum absolute atomic E-state index is 0.0766. The van der Waals surface area contributed by atoms with Gasteiger partial charge in [0.25, 0.3) is 5.91 Å². The Balaban J connectivity index is 1.89. The van der Waals surface area contributed by atoms with E-state index in [1.165, 1.54) is 31.5 Å². The normalized spacial score (nSPS) is 11.0.